The molecule has 1 atom stereocenters. The summed E-state index contributed by atoms with van der Waals surface area (Å²) in [6.07, 6.45) is 4.69. The summed E-state index contributed by atoms with van der Waals surface area (Å²) < 4.78 is 0. The lowest BCUT2D eigenvalue weighted by molar-refractivity contribution is -0.384. The third kappa shape index (κ3) is 4.94. The van der Waals surface area contributed by atoms with Crippen molar-refractivity contribution < 1.29 is 4.92 Å². The number of hydrogen-bond acceptors (Lipinski definition) is 7. The van der Waals surface area contributed by atoms with Gasteiger partial charge in [-0.1, -0.05) is 20.8 Å². The molecule has 2 aromatic rings. The van der Waals surface area contributed by atoms with E-state index < -0.39 is 0 Å². The maximum atomic E-state index is 11.4. The van der Waals surface area contributed by atoms with E-state index in [4.69, 9.17) is 4.99 Å². The molecule has 0 spiro atoms. The summed E-state index contributed by atoms with van der Waals surface area (Å²) in [6, 6.07) is 7.35. The molecule has 33 heavy (non-hydrogen) atoms. The van der Waals surface area contributed by atoms with Crippen molar-refractivity contribution in [3.63, 3.8) is 0 Å². The highest BCUT2D eigenvalue weighted by molar-refractivity contribution is 7.16. The van der Waals surface area contributed by atoms with Crippen LogP contribution in [0.2, 0.25) is 0 Å². The zero-order chi connectivity index (χ0) is 23.8. The van der Waals surface area contributed by atoms with Crippen LogP contribution in [0.1, 0.15) is 48.8 Å². The highest BCUT2D eigenvalue weighted by Gasteiger charge is 2.32. The Labute approximate surface area is 199 Å². The van der Waals surface area contributed by atoms with Gasteiger partial charge in [-0.3, -0.25) is 10.1 Å². The largest absolute Gasteiger partial charge is 0.368 e. The van der Waals surface area contributed by atoms with Crippen LogP contribution in [0.4, 0.5) is 16.4 Å². The van der Waals surface area contributed by atoms with Crippen LogP contribution in [0.15, 0.2) is 23.2 Å². The van der Waals surface area contributed by atoms with Crippen molar-refractivity contribution in [2.45, 2.75) is 40.0 Å². The molecule has 1 fully saturated rings. The van der Waals surface area contributed by atoms with Crippen molar-refractivity contribution in [1.82, 2.24) is 4.90 Å². The Morgan fingerprint density at radius 3 is 2.64 bits per heavy atom. The normalized spacial score (nSPS) is 19.5. The summed E-state index contributed by atoms with van der Waals surface area (Å²) in [5.41, 5.74) is 3.77. The van der Waals surface area contributed by atoms with Gasteiger partial charge in [0.1, 0.15) is 11.1 Å². The number of non-ortho nitro benzene ring substituents is 1. The molecule has 1 aromatic carbocycles. The van der Waals surface area contributed by atoms with Crippen LogP contribution in [0.5, 0.6) is 0 Å². The first-order valence-corrected chi connectivity index (χ1v) is 12.3. The molecule has 8 heteroatoms. The summed E-state index contributed by atoms with van der Waals surface area (Å²) in [6.45, 7) is 10.5. The second-order valence-electron chi connectivity index (χ2n) is 10.2. The van der Waals surface area contributed by atoms with Crippen LogP contribution in [-0.2, 0) is 12.8 Å². The van der Waals surface area contributed by atoms with Gasteiger partial charge < -0.3 is 9.80 Å². The molecule has 0 bridgehead atoms. The summed E-state index contributed by atoms with van der Waals surface area (Å²) >= 11 is 1.60. The van der Waals surface area contributed by atoms with Crippen LogP contribution in [-0.4, -0.2) is 49.3 Å². The standard InChI is InChI=1S/C25H31N5O2S/c1-25(2,3)18-5-7-20-21(15-26)24(33-23(20)14-18)27-16-17-13-19(30(31)32)6-8-22(17)29-11-9-28(4)10-12-29/h6,8,13,16,18H,5,7,9-12,14H2,1-4H3/b27-16+. The van der Waals surface area contributed by atoms with Crippen LogP contribution < -0.4 is 4.90 Å². The number of nitrogens with zero attached hydrogens (tertiary/aromatic N) is 5. The Morgan fingerprint density at radius 1 is 1.27 bits per heavy atom. The smallest absolute Gasteiger partial charge is 0.270 e. The quantitative estimate of drug-likeness (QED) is 0.353. The first kappa shape index (κ1) is 23.4. The summed E-state index contributed by atoms with van der Waals surface area (Å²) in [5.74, 6) is 0.590. The molecule has 2 aliphatic rings. The summed E-state index contributed by atoms with van der Waals surface area (Å²) in [7, 11) is 2.10. The van der Waals surface area contributed by atoms with Crippen molar-refractivity contribution in [3.05, 3.63) is 49.9 Å². The first-order valence-electron chi connectivity index (χ1n) is 11.5. The second kappa shape index (κ2) is 9.24. The van der Waals surface area contributed by atoms with E-state index >= 15 is 0 Å². The van der Waals surface area contributed by atoms with Gasteiger partial charge in [0.05, 0.1) is 10.5 Å². The van der Waals surface area contributed by atoms with Gasteiger partial charge in [0, 0.05) is 60.7 Å². The molecular formula is C25H31N5O2S. The van der Waals surface area contributed by atoms with Crippen LogP contribution in [0.3, 0.4) is 0 Å². The molecule has 0 N–H and O–H groups in total. The fourth-order valence-corrected chi connectivity index (χ4v) is 5.96. The van der Waals surface area contributed by atoms with Crippen LogP contribution >= 0.6 is 11.3 Å². The fraction of sp³-hybridized carbons (Fsp3) is 0.520. The molecule has 4 rings (SSSR count). The number of piperazine rings is 1. The molecule has 1 aliphatic carbocycles. The van der Waals surface area contributed by atoms with Gasteiger partial charge in [0.15, 0.2) is 0 Å². The van der Waals surface area contributed by atoms with E-state index in [9.17, 15) is 15.4 Å². The van der Waals surface area contributed by atoms with E-state index in [1.807, 2.05) is 6.07 Å². The number of thiophene rings is 1. The molecule has 0 amide bonds. The Hall–Kier alpha value is -2.76. The Kier molecular flexibility index (Phi) is 6.55. The highest BCUT2D eigenvalue weighted by atomic mass is 32.1. The van der Waals surface area contributed by atoms with Crippen LogP contribution in [0.25, 0.3) is 0 Å². The van der Waals surface area contributed by atoms with Gasteiger partial charge in [-0.25, -0.2) is 4.99 Å². The van der Waals surface area contributed by atoms with E-state index in [0.29, 0.717) is 16.5 Å². The molecule has 1 aromatic heterocycles. The number of rotatable bonds is 4. The molecule has 1 aliphatic heterocycles. The molecule has 7 nitrogen and oxygen atoms in total. The number of nitro groups is 1. The number of benzene rings is 1. The lowest BCUT2D eigenvalue weighted by Gasteiger charge is -2.34. The third-order valence-electron chi connectivity index (χ3n) is 6.97. The minimum absolute atomic E-state index is 0.0494. The molecule has 2 heterocycles. The molecule has 0 radical (unpaired) electrons. The van der Waals surface area contributed by atoms with Crippen molar-refractivity contribution in [3.8, 4) is 6.07 Å². The SMILES string of the molecule is CN1CCN(c2ccc([N+](=O)[O-])cc2/C=N/c2sc3c(c2C#N)CCC(C(C)(C)C)C3)CC1. The van der Waals surface area contributed by atoms with Gasteiger partial charge in [0.2, 0.25) is 0 Å². The predicted molar refractivity (Wildman–Crippen MR) is 134 cm³/mol. The fourth-order valence-electron chi connectivity index (χ4n) is 4.74. The highest BCUT2D eigenvalue weighted by Crippen LogP contribution is 2.45. The first-order chi connectivity index (χ1) is 15.7. The van der Waals surface area contributed by atoms with E-state index in [1.54, 1.807) is 29.7 Å². The number of aliphatic imine (C=N–C) groups is 1. The number of nitro benzene ring substituents is 1. The zero-order valence-corrected chi connectivity index (χ0v) is 20.6. The average molecular weight is 466 g/mol. The van der Waals surface area contributed by atoms with E-state index in [2.05, 4.69) is 43.7 Å². The summed E-state index contributed by atoms with van der Waals surface area (Å²) in [4.78, 5) is 21.5. The lowest BCUT2D eigenvalue weighted by atomic mass is 9.72. The molecule has 1 saturated heterocycles. The Morgan fingerprint density at radius 2 is 2.00 bits per heavy atom. The number of anilines is 1. The number of nitriles is 1. The van der Waals surface area contributed by atoms with Gasteiger partial charge in [-0.2, -0.15) is 5.26 Å². The van der Waals surface area contributed by atoms with Crippen molar-refractivity contribution in [2.75, 3.05) is 38.1 Å². The van der Waals surface area contributed by atoms with Crippen molar-refractivity contribution >= 4 is 33.9 Å². The number of hydrogen-bond donors (Lipinski definition) is 0. The van der Waals surface area contributed by atoms with Gasteiger partial charge in [-0.05, 0) is 49.3 Å². The van der Waals surface area contributed by atoms with Gasteiger partial charge in [-0.15, -0.1) is 11.3 Å². The van der Waals surface area contributed by atoms with Gasteiger partial charge >= 0.3 is 0 Å². The maximum absolute atomic E-state index is 11.4. The predicted octanol–water partition coefficient (Wildman–Crippen LogP) is 5.18. The summed E-state index contributed by atoms with van der Waals surface area (Å²) in [5, 5.41) is 22.0. The number of likely N-dealkylation sites (N-methyl/N-ethyl adjacent to an activating group) is 1. The molecule has 1 unspecified atom stereocenters. The topological polar surface area (TPSA) is 85.8 Å². The van der Waals surface area contributed by atoms with Gasteiger partial charge in [0.25, 0.3) is 5.69 Å². The minimum Gasteiger partial charge on any atom is -0.368 e. The lowest BCUT2D eigenvalue weighted by Crippen LogP contribution is -2.44. The monoisotopic (exact) mass is 465 g/mol. The van der Waals surface area contributed by atoms with E-state index in [0.717, 1.165) is 62.3 Å². The Bertz CT molecular complexity index is 1120. The van der Waals surface area contributed by atoms with Crippen LogP contribution in [0, 0.1) is 32.8 Å². The van der Waals surface area contributed by atoms with Crippen molar-refractivity contribution in [2.24, 2.45) is 16.3 Å². The maximum Gasteiger partial charge on any atom is 0.270 e. The van der Waals surface area contributed by atoms with E-state index in [1.165, 1.54) is 4.88 Å². The molecule has 0 saturated carbocycles. The third-order valence-corrected chi connectivity index (χ3v) is 8.13. The second-order valence-corrected chi connectivity index (χ2v) is 11.2. The average Bonchev–Trinajstić information content (AvgIpc) is 3.14. The molecule has 174 valence electrons. The minimum atomic E-state index is -0.373. The zero-order valence-electron chi connectivity index (χ0n) is 19.8. The molecular weight excluding hydrogens is 434 g/mol. The van der Waals surface area contributed by atoms with Crippen molar-refractivity contribution in [1.29, 1.82) is 5.26 Å². The van der Waals surface area contributed by atoms with E-state index in [-0.39, 0.29) is 16.0 Å². The Balaban J connectivity index is 1.68. The number of fused-ring (bicyclic) bond motifs is 1.